The van der Waals surface area contributed by atoms with Crippen molar-refractivity contribution in [3.8, 4) is 23.0 Å². The highest BCUT2D eigenvalue weighted by molar-refractivity contribution is 6.34. The van der Waals surface area contributed by atoms with Crippen LogP contribution in [0, 0.1) is 28.8 Å². The third-order valence-corrected chi connectivity index (χ3v) is 3.55. The van der Waals surface area contributed by atoms with Crippen molar-refractivity contribution in [3.63, 3.8) is 0 Å². The Balaban J connectivity index is 2.31. The van der Waals surface area contributed by atoms with Crippen molar-refractivity contribution in [1.82, 2.24) is 9.78 Å². The zero-order valence-corrected chi connectivity index (χ0v) is 12.2. The summed E-state index contributed by atoms with van der Waals surface area (Å²) in [5.74, 6) is -1.87. The molecule has 23 heavy (non-hydrogen) atoms. The minimum atomic E-state index is -0.738. The van der Waals surface area contributed by atoms with Crippen molar-refractivity contribution in [3.05, 3.63) is 70.6 Å². The second-order valence-corrected chi connectivity index (χ2v) is 5.02. The first-order valence-corrected chi connectivity index (χ1v) is 6.79. The fourth-order valence-electron chi connectivity index (χ4n) is 2.15. The van der Waals surface area contributed by atoms with E-state index in [9.17, 15) is 13.2 Å². The number of halogens is 4. The molecule has 3 aromatic rings. The van der Waals surface area contributed by atoms with Crippen molar-refractivity contribution in [1.29, 1.82) is 5.26 Å². The zero-order valence-electron chi connectivity index (χ0n) is 11.4. The summed E-state index contributed by atoms with van der Waals surface area (Å²) in [6.07, 6.45) is 0. The quantitative estimate of drug-likeness (QED) is 0.693. The zero-order chi connectivity index (χ0) is 16.6. The van der Waals surface area contributed by atoms with Gasteiger partial charge in [-0.3, -0.25) is 0 Å². The second kappa shape index (κ2) is 5.78. The van der Waals surface area contributed by atoms with Crippen LogP contribution in [0.3, 0.4) is 0 Å². The van der Waals surface area contributed by atoms with Gasteiger partial charge in [0, 0.05) is 11.6 Å². The number of rotatable bonds is 2. The van der Waals surface area contributed by atoms with Crippen molar-refractivity contribution < 1.29 is 13.2 Å². The summed E-state index contributed by atoms with van der Waals surface area (Å²) >= 11 is 6.13. The maximum Gasteiger partial charge on any atom is 0.182 e. The lowest BCUT2D eigenvalue weighted by Gasteiger charge is -2.09. The number of hydrogen-bond donors (Lipinski definition) is 0. The van der Waals surface area contributed by atoms with Crippen LogP contribution in [0.1, 0.15) is 5.69 Å². The number of nitriles is 1. The summed E-state index contributed by atoms with van der Waals surface area (Å²) in [4.78, 5) is 0. The Morgan fingerprint density at radius 1 is 1.00 bits per heavy atom. The molecule has 0 amide bonds. The van der Waals surface area contributed by atoms with Gasteiger partial charge in [0.25, 0.3) is 0 Å². The fraction of sp³-hybridized carbons (Fsp3) is 0. The Bertz CT molecular complexity index is 927. The fourth-order valence-corrected chi connectivity index (χ4v) is 2.42. The molecule has 0 radical (unpaired) electrons. The van der Waals surface area contributed by atoms with Gasteiger partial charge in [0.15, 0.2) is 5.69 Å². The molecule has 0 spiro atoms. The van der Waals surface area contributed by atoms with Gasteiger partial charge in [0.2, 0.25) is 0 Å². The van der Waals surface area contributed by atoms with Crippen LogP contribution >= 0.6 is 11.6 Å². The van der Waals surface area contributed by atoms with Gasteiger partial charge in [-0.25, -0.2) is 17.9 Å². The van der Waals surface area contributed by atoms with E-state index in [-0.39, 0.29) is 22.1 Å². The number of nitrogens with zero attached hydrogens (tertiary/aromatic N) is 3. The molecular weight excluding hydrogens is 327 g/mol. The molecule has 0 atom stereocenters. The lowest BCUT2D eigenvalue weighted by molar-refractivity contribution is 0.587. The predicted octanol–water partition coefficient (Wildman–Crippen LogP) is 4.48. The lowest BCUT2D eigenvalue weighted by Crippen LogP contribution is -2.03. The third kappa shape index (κ3) is 2.67. The molecule has 0 aliphatic heterocycles. The van der Waals surface area contributed by atoms with Crippen LogP contribution in [0.5, 0.6) is 0 Å². The molecule has 0 unspecified atom stereocenters. The summed E-state index contributed by atoms with van der Waals surface area (Å²) in [5, 5.41) is 13.0. The SMILES string of the molecule is N#Cc1nn(-c2cc(F)ccc2F)c(-c2ccc(F)cc2)c1Cl. The van der Waals surface area contributed by atoms with Crippen LogP contribution in [0.15, 0.2) is 42.5 Å². The molecular formula is C16H7ClF3N3. The standard InChI is InChI=1S/C16H7ClF3N3/c17-15-13(8-21)22-23(14-7-11(19)5-6-12(14)20)16(15)9-1-3-10(18)4-2-9/h1-7H. The first-order chi connectivity index (χ1) is 11.0. The molecule has 0 bridgehead atoms. The summed E-state index contributed by atoms with van der Waals surface area (Å²) in [5.41, 5.74) is 0.240. The summed E-state index contributed by atoms with van der Waals surface area (Å²) in [6, 6.07) is 9.84. The van der Waals surface area contributed by atoms with E-state index in [4.69, 9.17) is 16.9 Å². The molecule has 0 saturated heterocycles. The van der Waals surface area contributed by atoms with Gasteiger partial charge < -0.3 is 0 Å². The molecule has 3 rings (SSSR count). The summed E-state index contributed by atoms with van der Waals surface area (Å²) in [7, 11) is 0. The van der Waals surface area contributed by atoms with Crippen LogP contribution in [-0.4, -0.2) is 9.78 Å². The maximum atomic E-state index is 14.0. The Kier molecular flexibility index (Phi) is 3.80. The minimum absolute atomic E-state index is 0.0252. The Hall–Kier alpha value is -2.78. The molecule has 1 aromatic heterocycles. The molecule has 114 valence electrons. The normalized spacial score (nSPS) is 10.6. The largest absolute Gasteiger partial charge is 0.227 e. The number of aromatic nitrogens is 2. The molecule has 0 N–H and O–H groups in total. The highest BCUT2D eigenvalue weighted by Crippen LogP contribution is 2.33. The molecule has 2 aromatic carbocycles. The first-order valence-electron chi connectivity index (χ1n) is 6.41. The molecule has 0 aliphatic carbocycles. The number of hydrogen-bond acceptors (Lipinski definition) is 2. The van der Waals surface area contributed by atoms with Gasteiger partial charge >= 0.3 is 0 Å². The van der Waals surface area contributed by atoms with E-state index in [2.05, 4.69) is 5.10 Å². The van der Waals surface area contributed by atoms with Crippen LogP contribution in [0.2, 0.25) is 5.02 Å². The van der Waals surface area contributed by atoms with E-state index in [1.54, 1.807) is 6.07 Å². The van der Waals surface area contributed by atoms with Crippen molar-refractivity contribution in [2.24, 2.45) is 0 Å². The van der Waals surface area contributed by atoms with Crippen LogP contribution < -0.4 is 0 Å². The van der Waals surface area contributed by atoms with E-state index < -0.39 is 17.5 Å². The molecule has 3 nitrogen and oxygen atoms in total. The first kappa shape index (κ1) is 15.1. The van der Waals surface area contributed by atoms with Crippen molar-refractivity contribution in [2.75, 3.05) is 0 Å². The summed E-state index contributed by atoms with van der Waals surface area (Å²) in [6.45, 7) is 0. The molecule has 7 heteroatoms. The van der Waals surface area contributed by atoms with E-state index in [0.717, 1.165) is 22.9 Å². The van der Waals surface area contributed by atoms with E-state index in [1.165, 1.54) is 24.3 Å². The lowest BCUT2D eigenvalue weighted by atomic mass is 10.1. The van der Waals surface area contributed by atoms with Crippen LogP contribution in [-0.2, 0) is 0 Å². The van der Waals surface area contributed by atoms with E-state index in [1.807, 2.05) is 0 Å². The summed E-state index contributed by atoms with van der Waals surface area (Å²) < 4.78 is 41.6. The van der Waals surface area contributed by atoms with Gasteiger partial charge in [-0.15, -0.1) is 0 Å². The van der Waals surface area contributed by atoms with Gasteiger partial charge in [-0.05, 0) is 36.4 Å². The topological polar surface area (TPSA) is 41.6 Å². The van der Waals surface area contributed by atoms with Crippen LogP contribution in [0.25, 0.3) is 16.9 Å². The van der Waals surface area contributed by atoms with Gasteiger partial charge in [0.05, 0.1) is 5.69 Å². The van der Waals surface area contributed by atoms with E-state index >= 15 is 0 Å². The predicted molar refractivity (Wildman–Crippen MR) is 78.6 cm³/mol. The highest BCUT2D eigenvalue weighted by atomic mass is 35.5. The molecule has 0 saturated carbocycles. The average Bonchev–Trinajstić information content (AvgIpc) is 2.87. The minimum Gasteiger partial charge on any atom is -0.227 e. The van der Waals surface area contributed by atoms with Crippen molar-refractivity contribution in [2.45, 2.75) is 0 Å². The molecule has 1 heterocycles. The van der Waals surface area contributed by atoms with E-state index in [0.29, 0.717) is 5.56 Å². The molecule has 0 aliphatic rings. The van der Waals surface area contributed by atoms with Gasteiger partial charge in [-0.2, -0.15) is 10.4 Å². The monoisotopic (exact) mass is 333 g/mol. The number of benzene rings is 2. The Labute approximate surface area is 134 Å². The van der Waals surface area contributed by atoms with Crippen LogP contribution in [0.4, 0.5) is 13.2 Å². The smallest absolute Gasteiger partial charge is 0.182 e. The third-order valence-electron chi connectivity index (χ3n) is 3.19. The highest BCUT2D eigenvalue weighted by Gasteiger charge is 2.21. The van der Waals surface area contributed by atoms with Gasteiger partial charge in [0.1, 0.15) is 34.2 Å². The maximum absolute atomic E-state index is 14.0. The van der Waals surface area contributed by atoms with Gasteiger partial charge in [-0.1, -0.05) is 11.6 Å². The Morgan fingerprint density at radius 2 is 1.65 bits per heavy atom. The Morgan fingerprint density at radius 3 is 2.30 bits per heavy atom. The molecule has 0 fully saturated rings. The average molecular weight is 334 g/mol. The van der Waals surface area contributed by atoms with Crippen molar-refractivity contribution >= 4 is 11.6 Å². The second-order valence-electron chi connectivity index (χ2n) is 4.64.